The molecular weight excluding hydrogens is 376 g/mol. The molecule has 1 aromatic heterocycles. The number of rotatable bonds is 3. The van der Waals surface area contributed by atoms with Gasteiger partial charge in [0.2, 0.25) is 0 Å². The van der Waals surface area contributed by atoms with Crippen molar-refractivity contribution in [2.45, 2.75) is 0 Å². The first kappa shape index (κ1) is 16.4. The van der Waals surface area contributed by atoms with Gasteiger partial charge in [0.25, 0.3) is 11.8 Å². The average Bonchev–Trinajstić information content (AvgIpc) is 3.23. The summed E-state index contributed by atoms with van der Waals surface area (Å²) < 4.78 is 0. The van der Waals surface area contributed by atoms with Crippen molar-refractivity contribution in [1.82, 2.24) is 10.0 Å². The van der Waals surface area contributed by atoms with Gasteiger partial charge >= 0.3 is 5.97 Å². The average molecular weight is 385 g/mol. The Balaban J connectivity index is 1.54. The first-order valence-electron chi connectivity index (χ1n) is 7.46. The number of halogens is 1. The number of thiazole rings is 1. The second-order valence-corrected chi connectivity index (χ2v) is 6.67. The number of imide groups is 1. The zero-order chi connectivity index (χ0) is 18.3. The third-order valence-electron chi connectivity index (χ3n) is 3.74. The second kappa shape index (κ2) is 6.36. The van der Waals surface area contributed by atoms with Crippen molar-refractivity contribution >= 4 is 40.7 Å². The van der Waals surface area contributed by atoms with Crippen LogP contribution < -0.4 is 0 Å². The van der Waals surface area contributed by atoms with E-state index in [1.165, 1.54) is 28.8 Å². The zero-order valence-corrected chi connectivity index (χ0v) is 14.6. The largest absolute Gasteiger partial charge is 0.383 e. The molecule has 2 aromatic carbocycles. The number of carbonyl (C=O) groups is 3. The van der Waals surface area contributed by atoms with Crippen LogP contribution in [0.25, 0.3) is 10.6 Å². The molecule has 1 aliphatic heterocycles. The lowest BCUT2D eigenvalue weighted by atomic mass is 10.1. The van der Waals surface area contributed by atoms with Crippen LogP contribution >= 0.6 is 22.9 Å². The van der Waals surface area contributed by atoms with Gasteiger partial charge in [-0.2, -0.15) is 0 Å². The first-order valence-corrected chi connectivity index (χ1v) is 8.72. The molecule has 3 aromatic rings. The Kier molecular flexibility index (Phi) is 4.02. The Bertz CT molecular complexity index is 1010. The number of nitrogens with zero attached hydrogens (tertiary/aromatic N) is 2. The maximum absolute atomic E-state index is 12.3. The van der Waals surface area contributed by atoms with Gasteiger partial charge in [0.05, 0.1) is 11.1 Å². The smallest absolute Gasteiger partial charge is 0.322 e. The molecular formula is C18H9ClN2O4S. The number of hydrogen-bond donors (Lipinski definition) is 0. The Morgan fingerprint density at radius 2 is 1.62 bits per heavy atom. The molecule has 0 atom stereocenters. The first-order chi connectivity index (χ1) is 12.5. The topological polar surface area (TPSA) is 76.6 Å². The van der Waals surface area contributed by atoms with E-state index in [1.807, 2.05) is 0 Å². The highest BCUT2D eigenvalue weighted by Crippen LogP contribution is 2.27. The number of amides is 2. The van der Waals surface area contributed by atoms with Gasteiger partial charge in [-0.1, -0.05) is 40.9 Å². The number of fused-ring (bicyclic) bond motifs is 1. The Morgan fingerprint density at radius 1 is 1.00 bits per heavy atom. The lowest BCUT2D eigenvalue weighted by Crippen LogP contribution is -2.32. The maximum Gasteiger partial charge on any atom is 0.383 e. The van der Waals surface area contributed by atoms with Gasteiger partial charge in [0, 0.05) is 16.0 Å². The molecule has 0 bridgehead atoms. The van der Waals surface area contributed by atoms with Crippen molar-refractivity contribution in [2.24, 2.45) is 0 Å². The molecule has 0 saturated carbocycles. The van der Waals surface area contributed by atoms with Gasteiger partial charge < -0.3 is 4.84 Å². The van der Waals surface area contributed by atoms with Crippen LogP contribution in [0.4, 0.5) is 0 Å². The Morgan fingerprint density at radius 3 is 2.23 bits per heavy atom. The second-order valence-electron chi connectivity index (χ2n) is 5.37. The summed E-state index contributed by atoms with van der Waals surface area (Å²) in [5.41, 5.74) is 1.20. The van der Waals surface area contributed by atoms with Gasteiger partial charge in [-0.25, -0.2) is 9.78 Å². The van der Waals surface area contributed by atoms with E-state index >= 15 is 0 Å². The Hall–Kier alpha value is -3.03. The highest BCUT2D eigenvalue weighted by molar-refractivity contribution is 7.13. The summed E-state index contributed by atoms with van der Waals surface area (Å²) in [4.78, 5) is 46.0. The van der Waals surface area contributed by atoms with Crippen molar-refractivity contribution < 1.29 is 19.2 Å². The molecule has 8 heteroatoms. The van der Waals surface area contributed by atoms with E-state index in [1.54, 1.807) is 36.4 Å². The SMILES string of the molecule is O=C(ON1C(=O)c2ccccc2C1=O)c1csc(-c2ccc(Cl)cc2)n1. The zero-order valence-electron chi connectivity index (χ0n) is 13.0. The van der Waals surface area contributed by atoms with Gasteiger partial charge in [0.15, 0.2) is 5.69 Å². The predicted molar refractivity (Wildman–Crippen MR) is 94.9 cm³/mol. The van der Waals surface area contributed by atoms with Crippen molar-refractivity contribution in [3.63, 3.8) is 0 Å². The molecule has 0 unspecified atom stereocenters. The number of hydroxylamine groups is 2. The van der Waals surface area contributed by atoms with Crippen LogP contribution in [0.15, 0.2) is 53.9 Å². The highest BCUT2D eigenvalue weighted by Gasteiger charge is 2.39. The normalized spacial score (nSPS) is 13.0. The minimum absolute atomic E-state index is 0.0107. The van der Waals surface area contributed by atoms with E-state index in [-0.39, 0.29) is 16.8 Å². The predicted octanol–water partition coefficient (Wildman–Crippen LogP) is 3.83. The van der Waals surface area contributed by atoms with Crippen LogP contribution in [0.1, 0.15) is 31.2 Å². The van der Waals surface area contributed by atoms with Crippen LogP contribution in [0.2, 0.25) is 5.02 Å². The monoisotopic (exact) mass is 384 g/mol. The number of hydrogen-bond acceptors (Lipinski definition) is 6. The van der Waals surface area contributed by atoms with E-state index in [2.05, 4.69) is 4.98 Å². The van der Waals surface area contributed by atoms with Gasteiger partial charge in [-0.05, 0) is 24.3 Å². The van der Waals surface area contributed by atoms with E-state index < -0.39 is 17.8 Å². The van der Waals surface area contributed by atoms with Gasteiger partial charge in [-0.3, -0.25) is 9.59 Å². The molecule has 128 valence electrons. The number of carbonyl (C=O) groups excluding carboxylic acids is 3. The molecule has 0 aliphatic carbocycles. The van der Waals surface area contributed by atoms with E-state index in [4.69, 9.17) is 16.4 Å². The van der Waals surface area contributed by atoms with Crippen molar-refractivity contribution in [1.29, 1.82) is 0 Å². The molecule has 0 spiro atoms. The molecule has 1 aliphatic rings. The molecule has 0 N–H and O–H groups in total. The minimum atomic E-state index is -0.879. The van der Waals surface area contributed by atoms with Crippen molar-refractivity contribution in [3.05, 3.63) is 75.8 Å². The van der Waals surface area contributed by atoms with Crippen LogP contribution in [-0.4, -0.2) is 27.8 Å². The summed E-state index contributed by atoms with van der Waals surface area (Å²) in [6.45, 7) is 0. The molecule has 0 radical (unpaired) electrons. The van der Waals surface area contributed by atoms with Crippen molar-refractivity contribution in [2.75, 3.05) is 0 Å². The summed E-state index contributed by atoms with van der Waals surface area (Å²) in [5.74, 6) is -2.23. The third-order valence-corrected chi connectivity index (χ3v) is 4.88. The molecule has 0 saturated heterocycles. The lowest BCUT2D eigenvalue weighted by Gasteiger charge is -2.11. The molecule has 0 fully saturated rings. The third kappa shape index (κ3) is 2.77. The van der Waals surface area contributed by atoms with Crippen LogP contribution in [0, 0.1) is 0 Å². The Labute approximate surface area is 156 Å². The quantitative estimate of drug-likeness (QED) is 0.641. The molecule has 26 heavy (non-hydrogen) atoms. The fraction of sp³-hybridized carbons (Fsp3) is 0. The fourth-order valence-corrected chi connectivity index (χ4v) is 3.39. The van der Waals surface area contributed by atoms with Gasteiger partial charge in [-0.15, -0.1) is 11.3 Å². The standard InChI is InChI=1S/C18H9ClN2O4S/c19-11-7-5-10(6-8-11)15-20-14(9-26-15)18(24)25-21-16(22)12-3-1-2-4-13(12)17(21)23/h1-9H. The highest BCUT2D eigenvalue weighted by atomic mass is 35.5. The maximum atomic E-state index is 12.3. The molecule has 2 heterocycles. The summed E-state index contributed by atoms with van der Waals surface area (Å²) in [7, 11) is 0. The lowest BCUT2D eigenvalue weighted by molar-refractivity contribution is -0.0587. The van der Waals surface area contributed by atoms with Crippen LogP contribution in [0.5, 0.6) is 0 Å². The summed E-state index contributed by atoms with van der Waals surface area (Å²) in [6.07, 6.45) is 0. The molecule has 2 amide bonds. The van der Waals surface area contributed by atoms with E-state index in [0.29, 0.717) is 15.1 Å². The van der Waals surface area contributed by atoms with Crippen LogP contribution in [-0.2, 0) is 4.84 Å². The molecule has 6 nitrogen and oxygen atoms in total. The summed E-state index contributed by atoms with van der Waals surface area (Å²) >= 11 is 7.10. The number of benzene rings is 2. The van der Waals surface area contributed by atoms with Crippen molar-refractivity contribution in [3.8, 4) is 10.6 Å². The van der Waals surface area contributed by atoms with Crippen LogP contribution in [0.3, 0.4) is 0 Å². The summed E-state index contributed by atoms with van der Waals surface area (Å²) in [5, 5.41) is 3.16. The van der Waals surface area contributed by atoms with E-state index in [9.17, 15) is 14.4 Å². The molecule has 4 rings (SSSR count). The fourth-order valence-electron chi connectivity index (χ4n) is 2.47. The minimum Gasteiger partial charge on any atom is -0.322 e. The number of aromatic nitrogens is 1. The van der Waals surface area contributed by atoms with E-state index in [0.717, 1.165) is 5.56 Å². The summed E-state index contributed by atoms with van der Waals surface area (Å²) in [6, 6.07) is 13.3. The van der Waals surface area contributed by atoms with Gasteiger partial charge in [0.1, 0.15) is 5.01 Å².